The highest BCUT2D eigenvalue weighted by molar-refractivity contribution is 6.05. The number of guanidine groups is 1. The summed E-state index contributed by atoms with van der Waals surface area (Å²) < 4.78 is 29.5. The predicted molar refractivity (Wildman–Crippen MR) is 149 cm³/mol. The fourth-order valence-corrected chi connectivity index (χ4v) is 5.47. The highest BCUT2D eigenvalue weighted by atomic mass is 19.3. The molecule has 4 rings (SSSR count). The maximum atomic E-state index is 14.8. The van der Waals surface area contributed by atoms with Crippen molar-refractivity contribution in [2.24, 2.45) is 9.98 Å². The normalized spacial score (nSPS) is 22.7. The molecule has 0 atom stereocenters. The van der Waals surface area contributed by atoms with Crippen LogP contribution in [0.5, 0.6) is 0 Å². The fourth-order valence-electron chi connectivity index (χ4n) is 5.47. The van der Waals surface area contributed by atoms with Gasteiger partial charge in [0.25, 0.3) is 11.8 Å². The van der Waals surface area contributed by atoms with Crippen molar-refractivity contribution < 1.29 is 18.4 Å². The Hall–Kier alpha value is -3.34. The van der Waals surface area contributed by atoms with Gasteiger partial charge in [-0.15, -0.1) is 0 Å². The predicted octanol–water partition coefficient (Wildman–Crippen LogP) is 3.48. The van der Waals surface area contributed by atoms with E-state index < -0.39 is 18.4 Å². The number of hydrogen-bond donors (Lipinski definition) is 2. The summed E-state index contributed by atoms with van der Waals surface area (Å²) in [6.07, 6.45) is 6.62. The van der Waals surface area contributed by atoms with Crippen molar-refractivity contribution in [3.05, 3.63) is 42.1 Å². The van der Waals surface area contributed by atoms with Crippen molar-refractivity contribution >= 4 is 29.3 Å². The third-order valence-electron chi connectivity index (χ3n) is 7.74. The first kappa shape index (κ1) is 28.7. The van der Waals surface area contributed by atoms with Gasteiger partial charge in [0.1, 0.15) is 5.84 Å². The maximum Gasteiger partial charge on any atom is 0.341 e. The van der Waals surface area contributed by atoms with Gasteiger partial charge in [0.05, 0.1) is 13.1 Å². The number of alkyl halides is 2. The molecule has 11 heteroatoms. The van der Waals surface area contributed by atoms with Gasteiger partial charge in [-0.1, -0.05) is 19.4 Å². The number of aliphatic imine (C=N–C) groups is 2. The van der Waals surface area contributed by atoms with Crippen LogP contribution in [0.15, 0.2) is 41.0 Å². The molecule has 3 fully saturated rings. The van der Waals surface area contributed by atoms with Crippen LogP contribution in [0, 0.1) is 6.92 Å². The van der Waals surface area contributed by atoms with Crippen LogP contribution in [0.25, 0.3) is 0 Å². The molecule has 39 heavy (non-hydrogen) atoms. The smallest absolute Gasteiger partial charge is 0.341 e. The first-order chi connectivity index (χ1) is 18.6. The molecular weight excluding hydrogens is 504 g/mol. The van der Waals surface area contributed by atoms with Crippen LogP contribution in [0.1, 0.15) is 54.4 Å². The molecule has 3 aliphatic rings. The summed E-state index contributed by atoms with van der Waals surface area (Å²) in [7, 11) is 3.44. The number of nitrogens with one attached hydrogen (secondary N) is 2. The van der Waals surface area contributed by atoms with Crippen molar-refractivity contribution in [2.45, 2.75) is 63.5 Å². The van der Waals surface area contributed by atoms with E-state index >= 15 is 0 Å². The van der Waals surface area contributed by atoms with E-state index in [9.17, 15) is 18.4 Å². The number of amides is 2. The Balaban J connectivity index is 1.54. The lowest BCUT2D eigenvalue weighted by atomic mass is 10.0. The molecule has 1 saturated carbocycles. The number of anilines is 1. The van der Waals surface area contributed by atoms with E-state index in [2.05, 4.69) is 39.1 Å². The van der Waals surface area contributed by atoms with Gasteiger partial charge in [-0.25, -0.2) is 4.99 Å². The lowest BCUT2D eigenvalue weighted by Crippen LogP contribution is -2.47. The van der Waals surface area contributed by atoms with E-state index in [-0.39, 0.29) is 30.5 Å². The number of piperidine rings is 1. The molecule has 0 radical (unpaired) electrons. The van der Waals surface area contributed by atoms with Crippen molar-refractivity contribution in [1.29, 1.82) is 0 Å². The third-order valence-corrected chi connectivity index (χ3v) is 7.74. The molecule has 0 unspecified atom stereocenters. The number of likely N-dealkylation sites (N-methyl/N-ethyl adjacent to an activating group) is 1. The fraction of sp³-hybridized carbons (Fsp3) is 0.571. The van der Waals surface area contributed by atoms with Crippen molar-refractivity contribution in [2.75, 3.05) is 45.6 Å². The van der Waals surface area contributed by atoms with Gasteiger partial charge in [0, 0.05) is 36.6 Å². The van der Waals surface area contributed by atoms with Crippen LogP contribution in [-0.4, -0.2) is 96.6 Å². The average Bonchev–Trinajstić information content (AvgIpc) is 3.41. The molecule has 1 aromatic rings. The highest BCUT2D eigenvalue weighted by Crippen LogP contribution is 2.30. The van der Waals surface area contributed by atoms with Crippen LogP contribution in [-0.2, 0) is 4.79 Å². The number of rotatable bonds is 5. The van der Waals surface area contributed by atoms with Gasteiger partial charge >= 0.3 is 5.92 Å². The Morgan fingerprint density at radius 1 is 1.15 bits per heavy atom. The number of carbonyl (C=O) groups excluding carboxylic acids is 2. The van der Waals surface area contributed by atoms with Crippen LogP contribution >= 0.6 is 0 Å². The lowest BCUT2D eigenvalue weighted by Gasteiger charge is -2.31. The quantitative estimate of drug-likeness (QED) is 0.438. The zero-order valence-electron chi connectivity index (χ0n) is 23.1. The molecule has 1 aliphatic carbocycles. The molecule has 2 heterocycles. The molecule has 0 spiro atoms. The van der Waals surface area contributed by atoms with Crippen LogP contribution in [0.2, 0.25) is 0 Å². The second kappa shape index (κ2) is 12.2. The zero-order valence-corrected chi connectivity index (χ0v) is 23.1. The van der Waals surface area contributed by atoms with E-state index in [4.69, 9.17) is 0 Å². The molecule has 212 valence electrons. The molecular formula is C28H39F2N7O2. The molecule has 1 aromatic carbocycles. The van der Waals surface area contributed by atoms with E-state index in [1.807, 2.05) is 6.92 Å². The molecule has 9 nitrogen and oxygen atoms in total. The largest absolute Gasteiger partial charge is 0.349 e. The summed E-state index contributed by atoms with van der Waals surface area (Å²) in [6.45, 7) is 6.69. The number of aryl methyl sites for hydroxylation is 1. The zero-order chi connectivity index (χ0) is 28.2. The van der Waals surface area contributed by atoms with Crippen LogP contribution in [0.4, 0.5) is 14.5 Å². The Labute approximate surface area is 229 Å². The first-order valence-corrected chi connectivity index (χ1v) is 13.6. The van der Waals surface area contributed by atoms with E-state index in [0.717, 1.165) is 62.1 Å². The first-order valence-electron chi connectivity index (χ1n) is 13.6. The summed E-state index contributed by atoms with van der Waals surface area (Å²) in [6, 6.07) is 5.37. The molecule has 2 saturated heterocycles. The molecule has 2 amide bonds. The standard InChI is InChI=1S/C28H39F2N7O2/c1-5-31-27(34-24-17-36(4)26(39)28(29,30)18-37(24)22-8-6-7-9-22)33-23-11-10-20(16-19(23)2)25(38)32-21-12-14-35(3)15-13-21/h5,10-11,16,21-22H,1,6-9,12-15,17-18H2,2-4H3,(H,31,33)(H,32,38). The minimum atomic E-state index is -3.50. The number of carbonyl (C=O) groups is 2. The number of halogens is 2. The second-order valence-electron chi connectivity index (χ2n) is 10.8. The van der Waals surface area contributed by atoms with Gasteiger partial charge in [-0.2, -0.15) is 13.8 Å². The summed E-state index contributed by atoms with van der Waals surface area (Å²) in [5.74, 6) is -4.30. The number of likely N-dealkylation sites (tertiary alicyclic amines) is 1. The molecule has 2 aliphatic heterocycles. The molecule has 2 N–H and O–H groups in total. The van der Waals surface area contributed by atoms with Gasteiger partial charge in [-0.3, -0.25) is 9.59 Å². The summed E-state index contributed by atoms with van der Waals surface area (Å²) in [4.78, 5) is 38.9. The monoisotopic (exact) mass is 543 g/mol. The second-order valence-corrected chi connectivity index (χ2v) is 10.8. The third kappa shape index (κ3) is 7.00. The van der Waals surface area contributed by atoms with Crippen molar-refractivity contribution in [1.82, 2.24) is 20.0 Å². The topological polar surface area (TPSA) is 92.6 Å². The Morgan fingerprint density at radius 3 is 2.49 bits per heavy atom. The molecule has 0 aromatic heterocycles. The Morgan fingerprint density at radius 2 is 1.85 bits per heavy atom. The number of benzene rings is 1. The Bertz CT molecular complexity index is 1140. The number of nitrogens with zero attached hydrogens (tertiary/aromatic N) is 5. The van der Waals surface area contributed by atoms with Crippen molar-refractivity contribution in [3.63, 3.8) is 0 Å². The minimum Gasteiger partial charge on any atom is -0.349 e. The highest BCUT2D eigenvalue weighted by Gasteiger charge is 2.48. The van der Waals surface area contributed by atoms with Gasteiger partial charge in [-0.05, 0) is 76.5 Å². The minimum absolute atomic E-state index is 0.0577. The van der Waals surface area contributed by atoms with Crippen LogP contribution in [0.3, 0.4) is 0 Å². The number of amidine groups is 1. The maximum absolute atomic E-state index is 14.8. The van der Waals surface area contributed by atoms with Gasteiger partial charge in [0.15, 0.2) is 0 Å². The number of hydrogen-bond acceptors (Lipinski definition) is 4. The van der Waals surface area contributed by atoms with E-state index in [1.165, 1.54) is 13.2 Å². The van der Waals surface area contributed by atoms with Gasteiger partial charge in [0.2, 0.25) is 5.96 Å². The van der Waals surface area contributed by atoms with E-state index in [1.54, 1.807) is 23.1 Å². The van der Waals surface area contributed by atoms with E-state index in [0.29, 0.717) is 17.1 Å². The average molecular weight is 544 g/mol. The SMILES string of the molecule is C=CN=C(N=C1CN(C)C(=O)C(F)(F)CN1C1CCCC1)Nc1ccc(C(=O)NC2CCN(C)CC2)cc1C. The van der Waals surface area contributed by atoms with Gasteiger partial charge < -0.3 is 25.3 Å². The summed E-state index contributed by atoms with van der Waals surface area (Å²) >= 11 is 0. The Kier molecular flexibility index (Phi) is 8.99. The summed E-state index contributed by atoms with van der Waals surface area (Å²) in [5.41, 5.74) is 2.03. The summed E-state index contributed by atoms with van der Waals surface area (Å²) in [5, 5.41) is 6.29. The lowest BCUT2D eigenvalue weighted by molar-refractivity contribution is -0.155. The molecule has 0 bridgehead atoms. The van der Waals surface area contributed by atoms with Crippen molar-refractivity contribution in [3.8, 4) is 0 Å². The van der Waals surface area contributed by atoms with Crippen LogP contribution < -0.4 is 10.6 Å².